The molecular formula is C16H16BrNO2. The summed E-state index contributed by atoms with van der Waals surface area (Å²) in [5.74, 6) is 0.596. The van der Waals surface area contributed by atoms with Gasteiger partial charge in [-0.15, -0.1) is 0 Å². The Morgan fingerprint density at radius 1 is 1.25 bits per heavy atom. The van der Waals surface area contributed by atoms with Gasteiger partial charge in [0.05, 0.1) is 12.2 Å². The van der Waals surface area contributed by atoms with Crippen LogP contribution >= 0.6 is 15.9 Å². The fraction of sp³-hybridized carbons (Fsp3) is 0.188. The number of nitrogens with one attached hydrogen (secondary N) is 1. The van der Waals surface area contributed by atoms with Gasteiger partial charge in [0, 0.05) is 16.2 Å². The quantitative estimate of drug-likeness (QED) is 0.899. The molecule has 2 aromatic carbocycles. The van der Waals surface area contributed by atoms with Gasteiger partial charge in [-0.25, -0.2) is 0 Å². The molecule has 0 aromatic heterocycles. The Morgan fingerprint density at radius 3 is 2.75 bits per heavy atom. The highest BCUT2D eigenvalue weighted by Gasteiger charge is 2.10. The number of halogens is 1. The maximum Gasteiger partial charge on any atom is 0.256 e. The Kier molecular flexibility index (Phi) is 4.79. The van der Waals surface area contributed by atoms with Crippen LogP contribution in [0.5, 0.6) is 5.75 Å². The number of ether oxygens (including phenoxy) is 1. The summed E-state index contributed by atoms with van der Waals surface area (Å²) in [5, 5.41) is 2.87. The molecule has 0 saturated heterocycles. The van der Waals surface area contributed by atoms with Crippen LogP contribution in [-0.4, -0.2) is 12.5 Å². The summed E-state index contributed by atoms with van der Waals surface area (Å²) in [7, 11) is 0. The van der Waals surface area contributed by atoms with Gasteiger partial charge >= 0.3 is 0 Å². The van der Waals surface area contributed by atoms with Crippen LogP contribution in [0.4, 0.5) is 5.69 Å². The molecule has 20 heavy (non-hydrogen) atoms. The van der Waals surface area contributed by atoms with Crippen molar-refractivity contribution in [2.75, 3.05) is 11.9 Å². The van der Waals surface area contributed by atoms with Gasteiger partial charge in [-0.3, -0.25) is 4.79 Å². The minimum Gasteiger partial charge on any atom is -0.494 e. The van der Waals surface area contributed by atoms with E-state index in [-0.39, 0.29) is 5.91 Å². The normalized spacial score (nSPS) is 10.2. The molecule has 0 aliphatic heterocycles. The fourth-order valence-corrected chi connectivity index (χ4v) is 2.51. The highest BCUT2D eigenvalue weighted by molar-refractivity contribution is 9.10. The number of aryl methyl sites for hydroxylation is 1. The van der Waals surface area contributed by atoms with Crippen molar-refractivity contribution in [1.29, 1.82) is 0 Å². The molecule has 0 bridgehead atoms. The minimum absolute atomic E-state index is 0.148. The molecule has 0 fully saturated rings. The van der Waals surface area contributed by atoms with Crippen LogP contribution in [0.15, 0.2) is 46.9 Å². The minimum atomic E-state index is -0.148. The number of carbonyl (C=O) groups is 1. The van der Waals surface area contributed by atoms with Crippen molar-refractivity contribution in [2.24, 2.45) is 0 Å². The largest absolute Gasteiger partial charge is 0.494 e. The molecule has 3 nitrogen and oxygen atoms in total. The van der Waals surface area contributed by atoms with E-state index in [0.717, 1.165) is 15.8 Å². The van der Waals surface area contributed by atoms with Crippen LogP contribution in [-0.2, 0) is 0 Å². The van der Waals surface area contributed by atoms with Gasteiger partial charge in [0.15, 0.2) is 0 Å². The number of benzene rings is 2. The summed E-state index contributed by atoms with van der Waals surface area (Å²) >= 11 is 3.41. The lowest BCUT2D eigenvalue weighted by molar-refractivity contribution is 0.102. The molecule has 2 aromatic rings. The van der Waals surface area contributed by atoms with E-state index in [4.69, 9.17) is 4.74 Å². The first-order valence-electron chi connectivity index (χ1n) is 6.40. The second-order valence-electron chi connectivity index (χ2n) is 4.40. The summed E-state index contributed by atoms with van der Waals surface area (Å²) in [6, 6.07) is 13.0. The number of carbonyl (C=O) groups excluding carboxylic acids is 1. The molecule has 2 rings (SSSR count). The first-order valence-corrected chi connectivity index (χ1v) is 7.20. The molecular weight excluding hydrogens is 318 g/mol. The Labute approximate surface area is 127 Å². The Bertz CT molecular complexity index is 626. The number of amides is 1. The monoisotopic (exact) mass is 333 g/mol. The maximum atomic E-state index is 12.2. The van der Waals surface area contributed by atoms with E-state index < -0.39 is 0 Å². The van der Waals surface area contributed by atoms with E-state index in [0.29, 0.717) is 17.9 Å². The Balaban J connectivity index is 2.17. The maximum absolute atomic E-state index is 12.2. The van der Waals surface area contributed by atoms with Gasteiger partial charge in [0.2, 0.25) is 0 Å². The van der Waals surface area contributed by atoms with Crippen LogP contribution in [0.25, 0.3) is 0 Å². The van der Waals surface area contributed by atoms with Crippen molar-refractivity contribution in [1.82, 2.24) is 0 Å². The number of hydrogen-bond donors (Lipinski definition) is 1. The molecule has 0 saturated carbocycles. The topological polar surface area (TPSA) is 38.3 Å². The van der Waals surface area contributed by atoms with Crippen LogP contribution in [0.3, 0.4) is 0 Å². The SMILES string of the molecule is CCOc1cccc(NC(=O)c2ccc(C)cc2Br)c1. The van der Waals surface area contributed by atoms with Crippen molar-refractivity contribution in [3.8, 4) is 5.75 Å². The van der Waals surface area contributed by atoms with E-state index in [1.807, 2.05) is 50.2 Å². The third kappa shape index (κ3) is 3.61. The van der Waals surface area contributed by atoms with Gasteiger partial charge in [0.25, 0.3) is 5.91 Å². The molecule has 0 spiro atoms. The molecule has 0 aliphatic rings. The highest BCUT2D eigenvalue weighted by atomic mass is 79.9. The van der Waals surface area contributed by atoms with Gasteiger partial charge in [-0.2, -0.15) is 0 Å². The zero-order valence-corrected chi connectivity index (χ0v) is 13.0. The Morgan fingerprint density at radius 2 is 2.05 bits per heavy atom. The summed E-state index contributed by atoms with van der Waals surface area (Å²) in [6.45, 7) is 4.51. The van der Waals surface area contributed by atoms with Crippen LogP contribution in [0, 0.1) is 6.92 Å². The van der Waals surface area contributed by atoms with Crippen molar-refractivity contribution in [2.45, 2.75) is 13.8 Å². The number of hydrogen-bond acceptors (Lipinski definition) is 2. The lowest BCUT2D eigenvalue weighted by Gasteiger charge is -2.09. The third-order valence-corrected chi connectivity index (χ3v) is 3.43. The van der Waals surface area contributed by atoms with Crippen LogP contribution in [0.2, 0.25) is 0 Å². The summed E-state index contributed by atoms with van der Waals surface area (Å²) in [6.07, 6.45) is 0. The van der Waals surface area contributed by atoms with Gasteiger partial charge in [-0.1, -0.05) is 12.1 Å². The lowest BCUT2D eigenvalue weighted by Crippen LogP contribution is -2.12. The molecule has 4 heteroatoms. The second kappa shape index (κ2) is 6.57. The predicted octanol–water partition coefficient (Wildman–Crippen LogP) is 4.41. The van der Waals surface area contributed by atoms with Gasteiger partial charge in [-0.05, 0) is 59.6 Å². The van der Waals surface area contributed by atoms with Crippen molar-refractivity contribution < 1.29 is 9.53 Å². The van der Waals surface area contributed by atoms with E-state index in [9.17, 15) is 4.79 Å². The Hall–Kier alpha value is -1.81. The zero-order valence-electron chi connectivity index (χ0n) is 11.4. The molecule has 1 amide bonds. The summed E-state index contributed by atoms with van der Waals surface area (Å²) in [5.41, 5.74) is 2.43. The van der Waals surface area contributed by atoms with Crippen LogP contribution in [0.1, 0.15) is 22.8 Å². The predicted molar refractivity (Wildman–Crippen MR) is 84.4 cm³/mol. The summed E-state index contributed by atoms with van der Waals surface area (Å²) < 4.78 is 6.20. The number of anilines is 1. The van der Waals surface area contributed by atoms with Gasteiger partial charge < -0.3 is 10.1 Å². The van der Waals surface area contributed by atoms with Gasteiger partial charge in [0.1, 0.15) is 5.75 Å². The van der Waals surface area contributed by atoms with E-state index in [1.165, 1.54) is 0 Å². The van der Waals surface area contributed by atoms with E-state index in [1.54, 1.807) is 6.07 Å². The first kappa shape index (κ1) is 14.6. The molecule has 0 atom stereocenters. The lowest BCUT2D eigenvalue weighted by atomic mass is 10.1. The van der Waals surface area contributed by atoms with Crippen molar-refractivity contribution in [3.63, 3.8) is 0 Å². The first-order chi connectivity index (χ1) is 9.60. The average molecular weight is 334 g/mol. The zero-order chi connectivity index (χ0) is 14.5. The van der Waals surface area contributed by atoms with E-state index in [2.05, 4.69) is 21.2 Å². The molecule has 0 unspecified atom stereocenters. The standard InChI is InChI=1S/C16H16BrNO2/c1-3-20-13-6-4-5-12(10-13)18-16(19)14-8-7-11(2)9-15(14)17/h4-10H,3H2,1-2H3,(H,18,19). The second-order valence-corrected chi connectivity index (χ2v) is 5.25. The molecule has 104 valence electrons. The molecule has 0 radical (unpaired) electrons. The smallest absolute Gasteiger partial charge is 0.256 e. The highest BCUT2D eigenvalue weighted by Crippen LogP contribution is 2.21. The summed E-state index contributed by atoms with van der Waals surface area (Å²) in [4.78, 5) is 12.2. The molecule has 1 N–H and O–H groups in total. The van der Waals surface area contributed by atoms with Crippen molar-refractivity contribution in [3.05, 3.63) is 58.1 Å². The molecule has 0 heterocycles. The number of rotatable bonds is 4. The average Bonchev–Trinajstić information content (AvgIpc) is 2.39. The third-order valence-electron chi connectivity index (χ3n) is 2.77. The fourth-order valence-electron chi connectivity index (χ4n) is 1.83. The van der Waals surface area contributed by atoms with Crippen LogP contribution < -0.4 is 10.1 Å². The van der Waals surface area contributed by atoms with Crippen molar-refractivity contribution >= 4 is 27.5 Å². The van der Waals surface area contributed by atoms with E-state index >= 15 is 0 Å². The molecule has 0 aliphatic carbocycles.